The smallest absolute Gasteiger partial charge is 0.371 e. The lowest BCUT2D eigenvalue weighted by Gasteiger charge is -2.10. The highest BCUT2D eigenvalue weighted by molar-refractivity contribution is 5.84. The zero-order valence-corrected chi connectivity index (χ0v) is 8.41. The second kappa shape index (κ2) is 4.69. The van der Waals surface area contributed by atoms with E-state index >= 15 is 0 Å². The Kier molecular flexibility index (Phi) is 3.56. The Hall–Kier alpha value is -1.45. The lowest BCUT2D eigenvalue weighted by Crippen LogP contribution is -2.13. The monoisotopic (exact) mass is 197 g/mol. The molecule has 2 N–H and O–H groups in total. The van der Waals surface area contributed by atoms with Gasteiger partial charge >= 0.3 is 5.97 Å². The molecule has 1 aromatic heterocycles. The molecule has 4 nitrogen and oxygen atoms in total. The molecule has 0 aliphatic heterocycles. The Balaban J connectivity index is 2.55. The zero-order valence-electron chi connectivity index (χ0n) is 8.41. The van der Waals surface area contributed by atoms with Crippen LogP contribution in [0.15, 0.2) is 16.5 Å². The molecule has 0 bridgehead atoms. The van der Waals surface area contributed by atoms with Crippen molar-refractivity contribution in [1.82, 2.24) is 0 Å². The Labute approximate surface area is 82.9 Å². The van der Waals surface area contributed by atoms with E-state index in [1.807, 2.05) is 6.92 Å². The predicted octanol–water partition coefficient (Wildman–Crippen LogP) is 2.58. The van der Waals surface area contributed by atoms with Crippen LogP contribution in [0.25, 0.3) is 0 Å². The van der Waals surface area contributed by atoms with Gasteiger partial charge in [-0.25, -0.2) is 4.79 Å². The van der Waals surface area contributed by atoms with Crippen molar-refractivity contribution < 1.29 is 14.3 Å². The van der Waals surface area contributed by atoms with Crippen LogP contribution in [-0.2, 0) is 0 Å². The lowest BCUT2D eigenvalue weighted by molar-refractivity contribution is 0.0663. The second-order valence-corrected chi connectivity index (χ2v) is 3.30. The summed E-state index contributed by atoms with van der Waals surface area (Å²) < 4.78 is 5.05. The van der Waals surface area contributed by atoms with Crippen LogP contribution in [0, 0.1) is 0 Å². The Morgan fingerprint density at radius 3 is 2.86 bits per heavy atom. The van der Waals surface area contributed by atoms with Gasteiger partial charge in [0.1, 0.15) is 0 Å². The van der Waals surface area contributed by atoms with Crippen LogP contribution in [-0.4, -0.2) is 17.1 Å². The molecule has 0 fully saturated rings. The molecule has 4 heteroatoms. The van der Waals surface area contributed by atoms with Crippen LogP contribution >= 0.6 is 0 Å². The van der Waals surface area contributed by atoms with Gasteiger partial charge in [0, 0.05) is 12.1 Å². The van der Waals surface area contributed by atoms with E-state index in [1.54, 1.807) is 6.07 Å². The molecular formula is C10H15NO3. The van der Waals surface area contributed by atoms with Gasteiger partial charge in [-0.1, -0.05) is 13.3 Å². The number of hydrogen-bond donors (Lipinski definition) is 2. The van der Waals surface area contributed by atoms with E-state index in [9.17, 15) is 4.79 Å². The third-order valence-corrected chi connectivity index (χ3v) is 1.93. The number of carboxylic acid groups (broad SMARTS) is 1. The van der Waals surface area contributed by atoms with Crippen molar-refractivity contribution in [3.8, 4) is 0 Å². The van der Waals surface area contributed by atoms with Crippen LogP contribution in [0.4, 0.5) is 5.88 Å². The summed E-state index contributed by atoms with van der Waals surface area (Å²) in [6, 6.07) is 3.38. The number of furan rings is 1. The maximum atomic E-state index is 10.5. The summed E-state index contributed by atoms with van der Waals surface area (Å²) in [5.41, 5.74) is 0. The molecule has 1 aromatic rings. The number of rotatable bonds is 5. The van der Waals surface area contributed by atoms with Crippen LogP contribution in [0.3, 0.4) is 0 Å². The third kappa shape index (κ3) is 2.80. The standard InChI is InChI=1S/C10H15NO3/c1-3-4-7(2)11-9-6-5-8(14-9)10(12)13/h5-7,11H,3-4H2,1-2H3,(H,12,13). The highest BCUT2D eigenvalue weighted by Crippen LogP contribution is 2.15. The van der Waals surface area contributed by atoms with Crippen molar-refractivity contribution in [2.24, 2.45) is 0 Å². The Bertz CT molecular complexity index is 306. The van der Waals surface area contributed by atoms with Crippen molar-refractivity contribution in [2.45, 2.75) is 32.7 Å². The maximum Gasteiger partial charge on any atom is 0.371 e. The molecule has 1 atom stereocenters. The topological polar surface area (TPSA) is 62.5 Å². The van der Waals surface area contributed by atoms with E-state index in [4.69, 9.17) is 9.52 Å². The minimum absolute atomic E-state index is 0.0313. The zero-order chi connectivity index (χ0) is 10.6. The molecular weight excluding hydrogens is 182 g/mol. The summed E-state index contributed by atoms with van der Waals surface area (Å²) in [7, 11) is 0. The number of hydrogen-bond acceptors (Lipinski definition) is 3. The van der Waals surface area contributed by atoms with Crippen molar-refractivity contribution in [3.05, 3.63) is 17.9 Å². The van der Waals surface area contributed by atoms with E-state index in [2.05, 4.69) is 12.2 Å². The number of anilines is 1. The molecule has 1 rings (SSSR count). The first kappa shape index (κ1) is 10.6. The molecule has 0 aliphatic rings. The van der Waals surface area contributed by atoms with Gasteiger partial charge in [0.05, 0.1) is 0 Å². The molecule has 0 saturated heterocycles. The first-order valence-electron chi connectivity index (χ1n) is 4.73. The van der Waals surface area contributed by atoms with Gasteiger partial charge in [-0.15, -0.1) is 0 Å². The SMILES string of the molecule is CCCC(C)Nc1ccc(C(=O)O)o1. The normalized spacial score (nSPS) is 12.4. The van der Waals surface area contributed by atoms with Gasteiger partial charge in [0.25, 0.3) is 0 Å². The maximum absolute atomic E-state index is 10.5. The summed E-state index contributed by atoms with van der Waals surface area (Å²) in [5, 5.41) is 11.7. The molecule has 1 unspecified atom stereocenters. The third-order valence-electron chi connectivity index (χ3n) is 1.93. The fourth-order valence-corrected chi connectivity index (χ4v) is 1.28. The summed E-state index contributed by atoms with van der Waals surface area (Å²) in [6.07, 6.45) is 2.11. The van der Waals surface area contributed by atoms with Gasteiger partial charge in [-0.3, -0.25) is 0 Å². The summed E-state index contributed by atoms with van der Waals surface area (Å²) in [5.74, 6) is -0.555. The molecule has 0 aliphatic carbocycles. The van der Waals surface area contributed by atoms with Gasteiger partial charge in [0.2, 0.25) is 5.76 Å². The predicted molar refractivity (Wildman–Crippen MR) is 53.7 cm³/mol. The van der Waals surface area contributed by atoms with E-state index in [-0.39, 0.29) is 5.76 Å². The van der Waals surface area contributed by atoms with Crippen LogP contribution in [0.2, 0.25) is 0 Å². The first-order chi connectivity index (χ1) is 6.63. The highest BCUT2D eigenvalue weighted by Gasteiger charge is 2.09. The Morgan fingerprint density at radius 2 is 2.36 bits per heavy atom. The summed E-state index contributed by atoms with van der Waals surface area (Å²) >= 11 is 0. The minimum Gasteiger partial charge on any atom is -0.475 e. The highest BCUT2D eigenvalue weighted by atomic mass is 16.4. The van der Waals surface area contributed by atoms with Gasteiger partial charge in [-0.05, 0) is 19.4 Å². The van der Waals surface area contributed by atoms with Crippen molar-refractivity contribution >= 4 is 11.9 Å². The summed E-state index contributed by atoms with van der Waals surface area (Å²) in [6.45, 7) is 4.13. The fourth-order valence-electron chi connectivity index (χ4n) is 1.28. The first-order valence-corrected chi connectivity index (χ1v) is 4.73. The largest absolute Gasteiger partial charge is 0.475 e. The number of nitrogens with one attached hydrogen (secondary N) is 1. The number of carbonyl (C=O) groups is 1. The van der Waals surface area contributed by atoms with Gasteiger partial charge in [0.15, 0.2) is 5.88 Å². The molecule has 0 aromatic carbocycles. The van der Waals surface area contributed by atoms with Crippen LogP contribution in [0.1, 0.15) is 37.2 Å². The van der Waals surface area contributed by atoms with E-state index in [0.29, 0.717) is 11.9 Å². The fraction of sp³-hybridized carbons (Fsp3) is 0.500. The van der Waals surface area contributed by atoms with Crippen molar-refractivity contribution in [1.29, 1.82) is 0 Å². The quantitative estimate of drug-likeness (QED) is 0.761. The molecule has 0 amide bonds. The molecule has 78 valence electrons. The molecule has 14 heavy (non-hydrogen) atoms. The molecule has 0 radical (unpaired) electrons. The van der Waals surface area contributed by atoms with Gasteiger partial charge < -0.3 is 14.8 Å². The van der Waals surface area contributed by atoms with Crippen LogP contribution in [0.5, 0.6) is 0 Å². The van der Waals surface area contributed by atoms with Crippen molar-refractivity contribution in [3.63, 3.8) is 0 Å². The number of aromatic carboxylic acids is 1. The van der Waals surface area contributed by atoms with Gasteiger partial charge in [-0.2, -0.15) is 0 Å². The molecule has 0 spiro atoms. The average Bonchev–Trinajstić information content (AvgIpc) is 2.53. The summed E-state index contributed by atoms with van der Waals surface area (Å²) in [4.78, 5) is 10.5. The lowest BCUT2D eigenvalue weighted by atomic mass is 10.2. The van der Waals surface area contributed by atoms with E-state index in [1.165, 1.54) is 6.07 Å². The van der Waals surface area contributed by atoms with Crippen LogP contribution < -0.4 is 5.32 Å². The van der Waals surface area contributed by atoms with E-state index in [0.717, 1.165) is 12.8 Å². The van der Waals surface area contributed by atoms with Crippen molar-refractivity contribution in [2.75, 3.05) is 5.32 Å². The average molecular weight is 197 g/mol. The second-order valence-electron chi connectivity index (χ2n) is 3.30. The molecule has 0 saturated carbocycles. The number of carboxylic acids is 1. The van der Waals surface area contributed by atoms with E-state index < -0.39 is 5.97 Å². The minimum atomic E-state index is -1.04. The molecule has 1 heterocycles. The Morgan fingerprint density at radius 1 is 1.64 bits per heavy atom.